The average Bonchev–Trinajstić information content (AvgIpc) is 3.25. The van der Waals surface area contributed by atoms with E-state index in [9.17, 15) is 4.39 Å². The molecule has 0 saturated carbocycles. The quantitative estimate of drug-likeness (QED) is 0.0677. The molecule has 59 heavy (non-hydrogen) atoms. The van der Waals surface area contributed by atoms with E-state index in [0.717, 1.165) is 55.2 Å². The lowest BCUT2D eigenvalue weighted by Gasteiger charge is -2.31. The van der Waals surface area contributed by atoms with Gasteiger partial charge in [-0.05, 0) is 135 Å². The summed E-state index contributed by atoms with van der Waals surface area (Å²) in [5, 5.41) is 0. The zero-order valence-electron chi connectivity index (χ0n) is 35.1. The molecule has 0 spiro atoms. The molecule has 0 aliphatic rings. The van der Waals surface area contributed by atoms with Gasteiger partial charge >= 0.3 is 0 Å². The zero-order valence-corrected chi connectivity index (χ0v) is 35.1. The van der Waals surface area contributed by atoms with Crippen molar-refractivity contribution in [3.05, 3.63) is 203 Å². The van der Waals surface area contributed by atoms with Gasteiger partial charge in [-0.15, -0.1) is 6.58 Å². The number of hydrogen-bond acceptors (Lipinski definition) is 2. The van der Waals surface area contributed by atoms with Crippen LogP contribution in [0.3, 0.4) is 0 Å². The highest BCUT2D eigenvalue weighted by Crippen LogP contribution is 2.39. The van der Waals surface area contributed by atoms with Crippen LogP contribution in [-0.2, 0) is 17.3 Å². The lowest BCUT2D eigenvalue weighted by atomic mass is 9.72. The molecule has 0 aliphatic carbocycles. The SMILES string of the molecule is C=CC(CC)(CCC(C#CC(C)(CCCc1ccc(F)c(Oc2ccccc2)c1)c1ccc(C(C)C)cc1)c1ccc(F)c(Oc2ccccc2)c1)c1ccc(C)cc1. The highest BCUT2D eigenvalue weighted by atomic mass is 19.1. The van der Waals surface area contributed by atoms with Crippen LogP contribution in [-0.4, -0.2) is 0 Å². The molecule has 4 heteroatoms. The van der Waals surface area contributed by atoms with Crippen LogP contribution in [0, 0.1) is 30.4 Å². The van der Waals surface area contributed by atoms with Crippen LogP contribution in [0.25, 0.3) is 0 Å². The third-order valence-electron chi connectivity index (χ3n) is 11.7. The Labute approximate surface area is 351 Å². The maximum atomic E-state index is 15.4. The van der Waals surface area contributed by atoms with Crippen molar-refractivity contribution in [1.82, 2.24) is 0 Å². The average molecular weight is 787 g/mol. The van der Waals surface area contributed by atoms with Gasteiger partial charge in [-0.2, -0.15) is 0 Å². The van der Waals surface area contributed by atoms with E-state index in [4.69, 9.17) is 9.47 Å². The van der Waals surface area contributed by atoms with E-state index in [1.807, 2.05) is 78.9 Å². The third-order valence-corrected chi connectivity index (χ3v) is 11.7. The predicted molar refractivity (Wildman–Crippen MR) is 240 cm³/mol. The second kappa shape index (κ2) is 19.7. The van der Waals surface area contributed by atoms with Crippen LogP contribution in [0.2, 0.25) is 0 Å². The molecule has 2 nitrogen and oxygen atoms in total. The van der Waals surface area contributed by atoms with Gasteiger partial charge in [0.2, 0.25) is 0 Å². The minimum absolute atomic E-state index is 0.173. The highest BCUT2D eigenvalue weighted by Gasteiger charge is 2.29. The Balaban J connectivity index is 1.35. The molecular formula is C55H56F2O2. The minimum Gasteiger partial charge on any atom is -0.454 e. The van der Waals surface area contributed by atoms with E-state index in [1.54, 1.807) is 6.07 Å². The van der Waals surface area contributed by atoms with E-state index in [1.165, 1.54) is 28.8 Å². The van der Waals surface area contributed by atoms with Crippen molar-refractivity contribution in [3.8, 4) is 34.8 Å². The fraction of sp³-hybridized carbons (Fsp3) is 0.273. The second-order valence-corrected chi connectivity index (χ2v) is 16.2. The monoisotopic (exact) mass is 786 g/mol. The molecule has 0 radical (unpaired) electrons. The second-order valence-electron chi connectivity index (χ2n) is 16.2. The Morgan fingerprint density at radius 1 is 0.678 bits per heavy atom. The van der Waals surface area contributed by atoms with Gasteiger partial charge in [0, 0.05) is 11.3 Å². The molecule has 302 valence electrons. The summed E-state index contributed by atoms with van der Waals surface area (Å²) in [4.78, 5) is 0. The van der Waals surface area contributed by atoms with E-state index in [2.05, 4.69) is 108 Å². The number of allylic oxidation sites excluding steroid dienone is 1. The van der Waals surface area contributed by atoms with Crippen LogP contribution < -0.4 is 9.47 Å². The van der Waals surface area contributed by atoms with Crippen LogP contribution in [0.5, 0.6) is 23.0 Å². The van der Waals surface area contributed by atoms with Gasteiger partial charge in [0.1, 0.15) is 11.5 Å². The molecule has 3 unspecified atom stereocenters. The van der Waals surface area contributed by atoms with E-state index in [-0.39, 0.29) is 22.8 Å². The van der Waals surface area contributed by atoms with Crippen molar-refractivity contribution in [3.63, 3.8) is 0 Å². The van der Waals surface area contributed by atoms with Gasteiger partial charge in [0.05, 0.1) is 5.41 Å². The van der Waals surface area contributed by atoms with E-state index < -0.39 is 17.0 Å². The Hall–Kier alpha value is -5.92. The number of rotatable bonds is 17. The summed E-state index contributed by atoms with van der Waals surface area (Å²) in [7, 11) is 0. The fourth-order valence-corrected chi connectivity index (χ4v) is 7.73. The summed E-state index contributed by atoms with van der Waals surface area (Å²) in [6, 6.07) is 46.4. The molecule has 6 rings (SSSR count). The maximum Gasteiger partial charge on any atom is 0.165 e. The van der Waals surface area contributed by atoms with Gasteiger partial charge in [-0.25, -0.2) is 8.78 Å². The third kappa shape index (κ3) is 11.0. The van der Waals surface area contributed by atoms with Crippen LogP contribution in [0.4, 0.5) is 8.78 Å². The number of aryl methyl sites for hydroxylation is 2. The van der Waals surface area contributed by atoms with Crippen LogP contribution in [0.1, 0.15) is 105 Å². The lowest BCUT2D eigenvalue weighted by molar-refractivity contribution is 0.436. The molecule has 0 fully saturated rings. The first-order valence-electron chi connectivity index (χ1n) is 20.9. The molecule has 0 heterocycles. The normalized spacial score (nSPS) is 13.7. The molecular weight excluding hydrogens is 731 g/mol. The lowest BCUT2D eigenvalue weighted by Crippen LogP contribution is -2.23. The Kier molecular flexibility index (Phi) is 14.2. The highest BCUT2D eigenvalue weighted by molar-refractivity contribution is 5.43. The van der Waals surface area contributed by atoms with Gasteiger partial charge in [0.15, 0.2) is 23.1 Å². The number of benzene rings is 6. The molecule has 0 saturated heterocycles. The summed E-state index contributed by atoms with van der Waals surface area (Å²) < 4.78 is 42.2. The van der Waals surface area contributed by atoms with Gasteiger partial charge in [0.25, 0.3) is 0 Å². The topological polar surface area (TPSA) is 18.5 Å². The molecule has 0 N–H and O–H groups in total. The Morgan fingerprint density at radius 2 is 1.24 bits per heavy atom. The van der Waals surface area contributed by atoms with Crippen LogP contribution in [0.15, 0.2) is 158 Å². The first-order valence-corrected chi connectivity index (χ1v) is 20.9. The summed E-state index contributed by atoms with van der Waals surface area (Å²) in [5.74, 6) is 8.48. The minimum atomic E-state index is -0.516. The number of halogens is 2. The van der Waals surface area contributed by atoms with Crippen molar-refractivity contribution in [1.29, 1.82) is 0 Å². The molecule has 0 bridgehead atoms. The molecule has 0 aliphatic heterocycles. The van der Waals surface area contributed by atoms with Crippen molar-refractivity contribution >= 4 is 0 Å². The largest absolute Gasteiger partial charge is 0.454 e. The first kappa shape index (κ1) is 42.7. The van der Waals surface area contributed by atoms with Crippen LogP contribution >= 0.6 is 0 Å². The van der Waals surface area contributed by atoms with E-state index >= 15 is 4.39 Å². The summed E-state index contributed by atoms with van der Waals surface area (Å²) in [6.07, 6.45) is 6.80. The van der Waals surface area contributed by atoms with Gasteiger partial charge < -0.3 is 9.47 Å². The van der Waals surface area contributed by atoms with Crippen molar-refractivity contribution in [2.75, 3.05) is 0 Å². The fourth-order valence-electron chi connectivity index (χ4n) is 7.73. The molecule has 3 atom stereocenters. The Morgan fingerprint density at radius 3 is 1.81 bits per heavy atom. The van der Waals surface area contributed by atoms with Gasteiger partial charge in [-0.1, -0.05) is 141 Å². The standard InChI is InChI=1S/C55H56F2O2/c1-7-55(8-2,47-27-21-41(5)22-28-47)37-34-44(45-26-32-51(57)53(39-45)59-49-19-13-10-14-20-49)33-36-54(6,46-29-24-43(25-30-46)40(3)4)35-15-16-42-23-31-50(56)52(38-42)58-48-17-11-9-12-18-48/h7,9-14,17-32,38-40,44H,1,8,15-16,34-35,37H2,2-6H3. The Bertz CT molecular complexity index is 2340. The van der Waals surface area contributed by atoms with Crippen molar-refractivity contribution in [2.45, 2.75) is 95.8 Å². The summed E-state index contributed by atoms with van der Waals surface area (Å²) in [5.41, 5.74) is 5.97. The van der Waals surface area contributed by atoms with Gasteiger partial charge in [-0.3, -0.25) is 0 Å². The molecule has 6 aromatic carbocycles. The number of ether oxygens (including phenoxy) is 2. The number of para-hydroxylation sites is 2. The summed E-state index contributed by atoms with van der Waals surface area (Å²) >= 11 is 0. The van der Waals surface area contributed by atoms with Crippen molar-refractivity contribution in [2.24, 2.45) is 0 Å². The molecule has 0 amide bonds. The first-order chi connectivity index (χ1) is 28.5. The number of hydrogen-bond donors (Lipinski definition) is 0. The molecule has 6 aromatic rings. The summed E-state index contributed by atoms with van der Waals surface area (Å²) in [6.45, 7) is 15.3. The van der Waals surface area contributed by atoms with E-state index in [0.29, 0.717) is 17.4 Å². The predicted octanol–water partition coefficient (Wildman–Crippen LogP) is 15.4. The maximum absolute atomic E-state index is 15.4. The zero-order chi connectivity index (χ0) is 41.8. The smallest absolute Gasteiger partial charge is 0.165 e. The van der Waals surface area contributed by atoms with Crippen molar-refractivity contribution < 1.29 is 18.3 Å². The molecule has 0 aromatic heterocycles.